The fraction of sp³-hybridized carbons (Fsp3) is 0.400. The average Bonchev–Trinajstić information content (AvgIpc) is 2.81. The number of hydrogen-bond donors (Lipinski definition) is 2. The Labute approximate surface area is 122 Å². The maximum Gasteiger partial charge on any atom is 0.329 e. The van der Waals surface area contributed by atoms with Crippen LogP contribution in [0.5, 0.6) is 0 Å². The highest BCUT2D eigenvalue weighted by Gasteiger charge is 2.34. The second kappa shape index (κ2) is 5.55. The Morgan fingerprint density at radius 2 is 2.14 bits per heavy atom. The molecule has 0 aromatic carbocycles. The molecule has 0 aliphatic carbocycles. The molecular weight excluding hydrogens is 272 g/mol. The topological polar surface area (TPSA) is 92.4 Å². The van der Waals surface area contributed by atoms with Crippen LogP contribution >= 0.6 is 0 Å². The number of nitrogens with one attached hydrogen (secondary N) is 1. The van der Waals surface area contributed by atoms with Gasteiger partial charge in [-0.2, -0.15) is 0 Å². The first-order valence-corrected chi connectivity index (χ1v) is 6.79. The van der Waals surface area contributed by atoms with E-state index >= 15 is 0 Å². The van der Waals surface area contributed by atoms with Gasteiger partial charge in [0.1, 0.15) is 11.1 Å². The van der Waals surface area contributed by atoms with Crippen LogP contribution in [0.1, 0.15) is 42.9 Å². The molecule has 112 valence electrons. The molecule has 2 aromatic rings. The molecule has 2 aromatic heterocycles. The van der Waals surface area contributed by atoms with E-state index in [1.54, 1.807) is 12.1 Å². The van der Waals surface area contributed by atoms with Crippen LogP contribution in [0, 0.1) is 6.92 Å². The number of aliphatic carboxylic acids is 1. The van der Waals surface area contributed by atoms with Crippen molar-refractivity contribution in [3.63, 3.8) is 0 Å². The van der Waals surface area contributed by atoms with Gasteiger partial charge in [-0.25, -0.2) is 9.78 Å². The van der Waals surface area contributed by atoms with Crippen LogP contribution in [0.4, 0.5) is 0 Å². The van der Waals surface area contributed by atoms with Gasteiger partial charge in [0, 0.05) is 11.8 Å². The predicted molar refractivity (Wildman–Crippen MR) is 77.2 cm³/mol. The molecule has 6 nitrogen and oxygen atoms in total. The summed E-state index contributed by atoms with van der Waals surface area (Å²) in [6, 6.07) is 5.04. The number of nitrogens with zero attached hydrogens (tertiary/aromatic N) is 1. The number of carbonyl (C=O) groups is 2. The smallest absolute Gasteiger partial charge is 0.329 e. The SMILES string of the molecule is CCCC(C)(NC(=O)c1cc2nc(C)ccc2o1)C(=O)O. The number of carboxylic acid groups (broad SMARTS) is 1. The van der Waals surface area contributed by atoms with Crippen molar-refractivity contribution in [1.82, 2.24) is 10.3 Å². The van der Waals surface area contributed by atoms with Crippen LogP contribution in [0.3, 0.4) is 0 Å². The molecule has 0 saturated carbocycles. The number of furan rings is 1. The Balaban J connectivity index is 2.27. The number of rotatable bonds is 5. The normalized spacial score (nSPS) is 13.9. The van der Waals surface area contributed by atoms with Crippen molar-refractivity contribution < 1.29 is 19.1 Å². The average molecular weight is 290 g/mol. The minimum absolute atomic E-state index is 0.0617. The molecule has 0 aliphatic heterocycles. The highest BCUT2D eigenvalue weighted by Crippen LogP contribution is 2.19. The number of amides is 1. The highest BCUT2D eigenvalue weighted by molar-refractivity contribution is 5.98. The number of pyridine rings is 1. The summed E-state index contributed by atoms with van der Waals surface area (Å²) < 4.78 is 5.42. The van der Waals surface area contributed by atoms with Crippen molar-refractivity contribution in [3.05, 3.63) is 29.7 Å². The van der Waals surface area contributed by atoms with Crippen LogP contribution in [0.2, 0.25) is 0 Å². The van der Waals surface area contributed by atoms with E-state index in [0.29, 0.717) is 23.9 Å². The van der Waals surface area contributed by atoms with Crippen LogP contribution in [-0.4, -0.2) is 27.5 Å². The minimum atomic E-state index is -1.31. The lowest BCUT2D eigenvalue weighted by Gasteiger charge is -2.25. The van der Waals surface area contributed by atoms with E-state index in [2.05, 4.69) is 10.3 Å². The van der Waals surface area contributed by atoms with Crippen molar-refractivity contribution >= 4 is 23.0 Å². The third-order valence-corrected chi connectivity index (χ3v) is 3.35. The second-order valence-corrected chi connectivity index (χ2v) is 5.29. The highest BCUT2D eigenvalue weighted by atomic mass is 16.4. The summed E-state index contributed by atoms with van der Waals surface area (Å²) >= 11 is 0. The van der Waals surface area contributed by atoms with Gasteiger partial charge < -0.3 is 14.8 Å². The molecule has 2 heterocycles. The van der Waals surface area contributed by atoms with Crippen molar-refractivity contribution in [1.29, 1.82) is 0 Å². The summed E-state index contributed by atoms with van der Waals surface area (Å²) in [6.07, 6.45) is 0.982. The first-order chi connectivity index (χ1) is 9.85. The van der Waals surface area contributed by atoms with Gasteiger partial charge in [0.15, 0.2) is 11.3 Å². The van der Waals surface area contributed by atoms with Crippen LogP contribution in [0.15, 0.2) is 22.6 Å². The summed E-state index contributed by atoms with van der Waals surface area (Å²) in [5, 5.41) is 11.8. The molecule has 0 saturated heterocycles. The Kier molecular flexibility index (Phi) is 3.97. The van der Waals surface area contributed by atoms with E-state index in [1.807, 2.05) is 13.8 Å². The molecule has 2 N–H and O–H groups in total. The molecule has 21 heavy (non-hydrogen) atoms. The molecule has 0 spiro atoms. The number of carboxylic acids is 1. The Morgan fingerprint density at radius 3 is 2.76 bits per heavy atom. The molecule has 1 atom stereocenters. The molecule has 1 amide bonds. The summed E-state index contributed by atoms with van der Waals surface area (Å²) in [5.41, 5.74) is 0.580. The molecule has 1 unspecified atom stereocenters. The number of hydrogen-bond acceptors (Lipinski definition) is 4. The van der Waals surface area contributed by atoms with E-state index in [0.717, 1.165) is 5.69 Å². The number of carbonyl (C=O) groups excluding carboxylic acids is 1. The van der Waals surface area contributed by atoms with Crippen LogP contribution in [-0.2, 0) is 4.79 Å². The minimum Gasteiger partial charge on any atom is -0.480 e. The summed E-state index contributed by atoms with van der Waals surface area (Å²) in [5.74, 6) is -1.56. The Bertz CT molecular complexity index is 692. The van der Waals surface area contributed by atoms with Gasteiger partial charge in [-0.3, -0.25) is 4.79 Å². The summed E-state index contributed by atoms with van der Waals surface area (Å²) in [7, 11) is 0. The van der Waals surface area contributed by atoms with Crippen molar-refractivity contribution in [2.75, 3.05) is 0 Å². The van der Waals surface area contributed by atoms with Crippen molar-refractivity contribution in [2.24, 2.45) is 0 Å². The quantitative estimate of drug-likeness (QED) is 0.882. The lowest BCUT2D eigenvalue weighted by atomic mass is 9.96. The van der Waals surface area contributed by atoms with Crippen molar-refractivity contribution in [2.45, 2.75) is 39.2 Å². The Morgan fingerprint density at radius 1 is 1.43 bits per heavy atom. The third-order valence-electron chi connectivity index (χ3n) is 3.35. The second-order valence-electron chi connectivity index (χ2n) is 5.29. The number of fused-ring (bicyclic) bond motifs is 1. The van der Waals surface area contributed by atoms with Crippen LogP contribution < -0.4 is 5.32 Å². The van der Waals surface area contributed by atoms with Gasteiger partial charge in [0.05, 0.1) is 0 Å². The first-order valence-electron chi connectivity index (χ1n) is 6.79. The molecular formula is C15H18N2O4. The van der Waals surface area contributed by atoms with Gasteiger partial charge in [-0.15, -0.1) is 0 Å². The molecule has 0 radical (unpaired) electrons. The fourth-order valence-electron chi connectivity index (χ4n) is 2.17. The van der Waals surface area contributed by atoms with E-state index in [9.17, 15) is 14.7 Å². The van der Waals surface area contributed by atoms with Gasteiger partial charge in [-0.1, -0.05) is 13.3 Å². The molecule has 2 rings (SSSR count). The first kappa shape index (κ1) is 15.0. The summed E-state index contributed by atoms with van der Waals surface area (Å²) in [4.78, 5) is 27.8. The standard InChI is InChI=1S/C15H18N2O4/c1-4-7-15(3,14(19)20)17-13(18)12-8-10-11(21-12)6-5-9(2)16-10/h5-6,8H,4,7H2,1-3H3,(H,17,18)(H,19,20). The number of aryl methyl sites for hydroxylation is 1. The largest absolute Gasteiger partial charge is 0.480 e. The zero-order valence-corrected chi connectivity index (χ0v) is 12.3. The van der Waals surface area contributed by atoms with Gasteiger partial charge in [0.2, 0.25) is 0 Å². The third kappa shape index (κ3) is 3.04. The number of aromatic nitrogens is 1. The van der Waals surface area contributed by atoms with Gasteiger partial charge in [-0.05, 0) is 32.4 Å². The van der Waals surface area contributed by atoms with Gasteiger partial charge >= 0.3 is 5.97 Å². The fourth-order valence-corrected chi connectivity index (χ4v) is 2.17. The maximum atomic E-state index is 12.2. The lowest BCUT2D eigenvalue weighted by Crippen LogP contribution is -2.52. The van der Waals surface area contributed by atoms with E-state index in [1.165, 1.54) is 13.0 Å². The zero-order valence-electron chi connectivity index (χ0n) is 12.3. The molecule has 0 fully saturated rings. The summed E-state index contributed by atoms with van der Waals surface area (Å²) in [6.45, 7) is 5.19. The van der Waals surface area contributed by atoms with E-state index < -0.39 is 17.4 Å². The maximum absolute atomic E-state index is 12.2. The molecule has 0 aliphatic rings. The zero-order chi connectivity index (χ0) is 15.6. The monoisotopic (exact) mass is 290 g/mol. The van der Waals surface area contributed by atoms with E-state index in [4.69, 9.17) is 4.42 Å². The van der Waals surface area contributed by atoms with Gasteiger partial charge in [0.25, 0.3) is 5.91 Å². The Hall–Kier alpha value is -2.37. The van der Waals surface area contributed by atoms with Crippen LogP contribution in [0.25, 0.3) is 11.1 Å². The molecule has 0 bridgehead atoms. The lowest BCUT2D eigenvalue weighted by molar-refractivity contribution is -0.144. The predicted octanol–water partition coefficient (Wildman–Crippen LogP) is 2.51. The molecule has 6 heteroatoms. The van der Waals surface area contributed by atoms with Crippen molar-refractivity contribution in [3.8, 4) is 0 Å². The van der Waals surface area contributed by atoms with E-state index in [-0.39, 0.29) is 5.76 Å².